The highest BCUT2D eigenvalue weighted by molar-refractivity contribution is 7.99. The van der Waals surface area contributed by atoms with Crippen molar-refractivity contribution in [2.24, 2.45) is 0 Å². The van der Waals surface area contributed by atoms with E-state index in [2.05, 4.69) is 22.4 Å². The molecule has 1 aliphatic carbocycles. The fourth-order valence-electron chi connectivity index (χ4n) is 2.87. The zero-order valence-electron chi connectivity index (χ0n) is 12.5. The summed E-state index contributed by atoms with van der Waals surface area (Å²) in [5, 5.41) is 11.6. The summed E-state index contributed by atoms with van der Waals surface area (Å²) in [6.07, 6.45) is 8.62. The molecule has 0 spiro atoms. The van der Waals surface area contributed by atoms with Crippen LogP contribution in [0.3, 0.4) is 0 Å². The summed E-state index contributed by atoms with van der Waals surface area (Å²) in [4.78, 5) is 11.8. The van der Waals surface area contributed by atoms with Gasteiger partial charge in [0.05, 0.1) is 0 Å². The minimum Gasteiger partial charge on any atom is -0.316 e. The van der Waals surface area contributed by atoms with Crippen LogP contribution in [0.1, 0.15) is 51.9 Å². The molecule has 0 bridgehead atoms. The Morgan fingerprint density at radius 2 is 2.10 bits per heavy atom. The fraction of sp³-hybridized carbons (Fsp3) is 0.857. The Morgan fingerprint density at radius 1 is 1.35 bits per heavy atom. The third kappa shape index (κ3) is 3.88. The summed E-state index contributed by atoms with van der Waals surface area (Å²) >= 11 is 1.77. The van der Waals surface area contributed by atoms with Gasteiger partial charge in [-0.1, -0.05) is 44.4 Å². The summed E-state index contributed by atoms with van der Waals surface area (Å²) in [6.45, 7) is 2.83. The minimum atomic E-state index is -0.0822. The maximum atomic E-state index is 11.8. The molecular formula is C14H26N4OS. The lowest BCUT2D eigenvalue weighted by Gasteiger charge is -2.28. The smallest absolute Gasteiger partial charge is 0.316 e. The highest BCUT2D eigenvalue weighted by atomic mass is 32.2. The van der Waals surface area contributed by atoms with Gasteiger partial charge >= 0.3 is 5.69 Å². The Hall–Kier alpha value is -0.750. The van der Waals surface area contributed by atoms with E-state index in [0.717, 1.165) is 18.1 Å². The van der Waals surface area contributed by atoms with E-state index < -0.39 is 0 Å². The maximum absolute atomic E-state index is 11.8. The number of nitrogens with one attached hydrogen (secondary N) is 2. The van der Waals surface area contributed by atoms with Gasteiger partial charge in [0.15, 0.2) is 5.16 Å². The Balaban J connectivity index is 2.10. The second-order valence-electron chi connectivity index (χ2n) is 5.51. The Kier molecular flexibility index (Phi) is 6.16. The quantitative estimate of drug-likeness (QED) is 0.876. The molecule has 0 aliphatic heterocycles. The highest BCUT2D eigenvalue weighted by Gasteiger charge is 2.24. The summed E-state index contributed by atoms with van der Waals surface area (Å²) in [7, 11) is 2.05. The number of H-pyrrole nitrogens is 1. The standard InChI is InChI=1S/C14H26N4OS/c1-3-10-18-13(19)16-17-14(18)20-12-9-7-5-4-6-8-11(12)15-2/h11-12,15H,3-10H2,1-2H3,(H,16,19). The summed E-state index contributed by atoms with van der Waals surface area (Å²) in [6, 6.07) is 0.516. The predicted molar refractivity (Wildman–Crippen MR) is 83.3 cm³/mol. The first-order chi connectivity index (χ1) is 9.76. The van der Waals surface area contributed by atoms with Crippen LogP contribution in [-0.4, -0.2) is 33.1 Å². The molecule has 0 saturated heterocycles. The molecule has 20 heavy (non-hydrogen) atoms. The van der Waals surface area contributed by atoms with E-state index in [-0.39, 0.29) is 5.69 Å². The van der Waals surface area contributed by atoms with Gasteiger partial charge < -0.3 is 5.32 Å². The fourth-order valence-corrected chi connectivity index (χ4v) is 4.26. The number of rotatable bonds is 5. The second kappa shape index (κ2) is 7.88. The largest absolute Gasteiger partial charge is 0.343 e. The molecule has 1 aliphatic rings. The number of nitrogens with zero attached hydrogens (tertiary/aromatic N) is 2. The zero-order chi connectivity index (χ0) is 14.4. The van der Waals surface area contributed by atoms with Crippen LogP contribution in [0.15, 0.2) is 9.95 Å². The molecule has 2 N–H and O–H groups in total. The molecule has 1 saturated carbocycles. The van der Waals surface area contributed by atoms with Gasteiger partial charge in [-0.15, -0.1) is 5.10 Å². The summed E-state index contributed by atoms with van der Waals surface area (Å²) < 4.78 is 1.77. The monoisotopic (exact) mass is 298 g/mol. The lowest BCUT2D eigenvalue weighted by molar-refractivity contribution is 0.419. The van der Waals surface area contributed by atoms with Gasteiger partial charge in [0, 0.05) is 17.8 Å². The topological polar surface area (TPSA) is 62.7 Å². The molecule has 1 heterocycles. The van der Waals surface area contributed by atoms with Crippen molar-refractivity contribution in [2.75, 3.05) is 7.05 Å². The van der Waals surface area contributed by atoms with Crippen molar-refractivity contribution in [1.82, 2.24) is 20.1 Å². The normalized spacial score (nSPS) is 24.3. The van der Waals surface area contributed by atoms with Crippen LogP contribution < -0.4 is 11.0 Å². The van der Waals surface area contributed by atoms with Crippen LogP contribution in [0.4, 0.5) is 0 Å². The molecule has 1 aromatic rings. The second-order valence-corrected chi connectivity index (χ2v) is 6.71. The van der Waals surface area contributed by atoms with E-state index in [1.807, 2.05) is 7.05 Å². The van der Waals surface area contributed by atoms with Crippen molar-refractivity contribution in [1.29, 1.82) is 0 Å². The molecule has 6 heteroatoms. The Morgan fingerprint density at radius 3 is 2.80 bits per heavy atom. The van der Waals surface area contributed by atoms with E-state index >= 15 is 0 Å². The van der Waals surface area contributed by atoms with Crippen LogP contribution >= 0.6 is 11.8 Å². The highest BCUT2D eigenvalue weighted by Crippen LogP contribution is 2.31. The van der Waals surface area contributed by atoms with Crippen molar-refractivity contribution in [3.05, 3.63) is 10.5 Å². The third-order valence-electron chi connectivity index (χ3n) is 4.00. The molecule has 0 aromatic carbocycles. The average Bonchev–Trinajstić information content (AvgIpc) is 2.75. The van der Waals surface area contributed by atoms with E-state index in [9.17, 15) is 4.79 Å². The van der Waals surface area contributed by atoms with E-state index in [1.165, 1.54) is 38.5 Å². The van der Waals surface area contributed by atoms with Crippen molar-refractivity contribution in [3.8, 4) is 0 Å². The van der Waals surface area contributed by atoms with Crippen molar-refractivity contribution < 1.29 is 0 Å². The van der Waals surface area contributed by atoms with Crippen LogP contribution in [-0.2, 0) is 6.54 Å². The van der Waals surface area contributed by atoms with Crippen LogP contribution in [0, 0.1) is 0 Å². The maximum Gasteiger partial charge on any atom is 0.343 e. The lowest BCUT2D eigenvalue weighted by atomic mass is 9.96. The first kappa shape index (κ1) is 15.6. The van der Waals surface area contributed by atoms with Crippen molar-refractivity contribution >= 4 is 11.8 Å². The van der Waals surface area contributed by atoms with Crippen LogP contribution in [0.25, 0.3) is 0 Å². The van der Waals surface area contributed by atoms with Gasteiger partial charge in [-0.2, -0.15) is 0 Å². The molecule has 5 nitrogen and oxygen atoms in total. The molecule has 2 rings (SSSR count). The van der Waals surface area contributed by atoms with Gasteiger partial charge in [-0.3, -0.25) is 4.57 Å². The molecule has 2 atom stereocenters. The van der Waals surface area contributed by atoms with E-state index in [4.69, 9.17) is 0 Å². The first-order valence-electron chi connectivity index (χ1n) is 7.75. The lowest BCUT2D eigenvalue weighted by Crippen LogP contribution is -2.36. The molecular weight excluding hydrogens is 272 g/mol. The average molecular weight is 298 g/mol. The SMILES string of the molecule is CCCn1c(SC2CCCCCCC2NC)n[nH]c1=O. The molecule has 1 aromatic heterocycles. The first-order valence-corrected chi connectivity index (χ1v) is 8.63. The van der Waals surface area contributed by atoms with Crippen molar-refractivity contribution in [3.63, 3.8) is 0 Å². The number of hydrogen-bond donors (Lipinski definition) is 2. The number of thioether (sulfide) groups is 1. The van der Waals surface area contributed by atoms with Gasteiger partial charge in [0.25, 0.3) is 0 Å². The molecule has 0 radical (unpaired) electrons. The molecule has 0 amide bonds. The molecule has 114 valence electrons. The zero-order valence-corrected chi connectivity index (χ0v) is 13.3. The number of aromatic nitrogens is 3. The molecule has 2 unspecified atom stereocenters. The number of aromatic amines is 1. The predicted octanol–water partition coefficient (Wildman–Crippen LogP) is 2.38. The van der Waals surface area contributed by atoms with Crippen molar-refractivity contribution in [2.45, 2.75) is 74.9 Å². The molecule has 1 fully saturated rings. The van der Waals surface area contributed by atoms with Crippen LogP contribution in [0.5, 0.6) is 0 Å². The Bertz CT molecular complexity index is 456. The number of hydrogen-bond acceptors (Lipinski definition) is 4. The Labute approximate surface area is 124 Å². The minimum absolute atomic E-state index is 0.0822. The van der Waals surface area contributed by atoms with E-state index in [1.54, 1.807) is 16.3 Å². The van der Waals surface area contributed by atoms with Gasteiger partial charge in [0.2, 0.25) is 0 Å². The summed E-state index contributed by atoms with van der Waals surface area (Å²) in [5.41, 5.74) is -0.0822. The van der Waals surface area contributed by atoms with Crippen LogP contribution in [0.2, 0.25) is 0 Å². The van der Waals surface area contributed by atoms with Gasteiger partial charge in [0.1, 0.15) is 0 Å². The van der Waals surface area contributed by atoms with Gasteiger partial charge in [-0.25, -0.2) is 9.89 Å². The third-order valence-corrected chi connectivity index (χ3v) is 5.39. The van der Waals surface area contributed by atoms with Gasteiger partial charge in [-0.05, 0) is 26.3 Å². The summed E-state index contributed by atoms with van der Waals surface area (Å²) in [5.74, 6) is 0. The van der Waals surface area contributed by atoms with E-state index in [0.29, 0.717) is 11.3 Å².